The SMILES string of the molecule is CO/N=C(\C(=O)N[C@H](C=O)c1nc(C(=O)O)c(C)c[s+]1)c1csc(N)n1. The average Bonchev–Trinajstić information content (AvgIpc) is 3.03. The number of thiazole rings is 1. The van der Waals surface area contributed by atoms with Crippen LogP contribution >= 0.6 is 22.7 Å². The molecule has 2 aromatic heterocycles. The summed E-state index contributed by atoms with van der Waals surface area (Å²) in [5, 5.41) is 18.6. The summed E-state index contributed by atoms with van der Waals surface area (Å²) >= 11 is 2.15. The molecule has 2 heterocycles. The van der Waals surface area contributed by atoms with E-state index in [1.165, 1.54) is 12.5 Å². The van der Waals surface area contributed by atoms with Crippen molar-refractivity contribution < 1.29 is 24.3 Å². The fraction of sp³-hybridized carbons (Fsp3) is 0.214. The molecule has 2 aromatic rings. The van der Waals surface area contributed by atoms with Crippen molar-refractivity contribution in [2.45, 2.75) is 13.0 Å². The number of rotatable bonds is 7. The third kappa shape index (κ3) is 4.34. The number of nitrogen functional groups attached to an aromatic ring is 1. The van der Waals surface area contributed by atoms with Crippen LogP contribution in [0.25, 0.3) is 0 Å². The minimum Gasteiger partial charge on any atom is -0.476 e. The Morgan fingerprint density at radius 3 is 2.77 bits per heavy atom. The van der Waals surface area contributed by atoms with Gasteiger partial charge in [0.2, 0.25) is 16.7 Å². The highest BCUT2D eigenvalue weighted by atomic mass is 32.1. The first-order chi connectivity index (χ1) is 12.4. The van der Waals surface area contributed by atoms with Crippen LogP contribution in [0.1, 0.15) is 32.8 Å². The summed E-state index contributed by atoms with van der Waals surface area (Å²) in [6.45, 7) is 1.58. The second-order valence-electron chi connectivity index (χ2n) is 4.80. The van der Waals surface area contributed by atoms with Gasteiger partial charge in [-0.05, 0) is 6.92 Å². The van der Waals surface area contributed by atoms with E-state index in [0.29, 0.717) is 11.8 Å². The van der Waals surface area contributed by atoms with Crippen LogP contribution in [0.3, 0.4) is 0 Å². The van der Waals surface area contributed by atoms with E-state index in [0.717, 1.165) is 22.7 Å². The summed E-state index contributed by atoms with van der Waals surface area (Å²) in [6, 6.07) is -1.16. The molecule has 0 aliphatic rings. The highest BCUT2D eigenvalue weighted by Crippen LogP contribution is 2.19. The van der Waals surface area contributed by atoms with Crippen molar-refractivity contribution in [1.29, 1.82) is 0 Å². The fourth-order valence-corrected chi connectivity index (χ4v) is 3.21. The predicted molar refractivity (Wildman–Crippen MR) is 95.2 cm³/mol. The first-order valence-corrected chi connectivity index (χ1v) is 8.74. The van der Waals surface area contributed by atoms with Crippen molar-refractivity contribution in [1.82, 2.24) is 15.3 Å². The maximum absolute atomic E-state index is 12.5. The van der Waals surface area contributed by atoms with Crippen LogP contribution in [-0.4, -0.2) is 46.1 Å². The second-order valence-corrected chi connectivity index (χ2v) is 6.58. The lowest BCUT2D eigenvalue weighted by Crippen LogP contribution is -2.36. The summed E-state index contributed by atoms with van der Waals surface area (Å²) in [7, 11) is 1.25. The monoisotopic (exact) mass is 396 g/mol. The largest absolute Gasteiger partial charge is 0.476 e. The van der Waals surface area contributed by atoms with Gasteiger partial charge in [-0.25, -0.2) is 9.78 Å². The Balaban J connectivity index is 2.30. The Kier molecular flexibility index (Phi) is 6.25. The summed E-state index contributed by atoms with van der Waals surface area (Å²) in [5.74, 6) is -1.98. The first kappa shape index (κ1) is 19.3. The molecular weight excluding hydrogens is 382 g/mol. The molecule has 1 amide bonds. The molecule has 136 valence electrons. The fourth-order valence-electron chi connectivity index (χ4n) is 1.84. The van der Waals surface area contributed by atoms with Crippen LogP contribution < -0.4 is 11.1 Å². The van der Waals surface area contributed by atoms with Gasteiger partial charge in [0.25, 0.3) is 5.91 Å². The normalized spacial score (nSPS) is 12.3. The van der Waals surface area contributed by atoms with Crippen molar-refractivity contribution in [3.05, 3.63) is 32.7 Å². The Morgan fingerprint density at radius 1 is 1.50 bits per heavy atom. The van der Waals surface area contributed by atoms with Gasteiger partial charge in [-0.15, -0.1) is 11.3 Å². The van der Waals surface area contributed by atoms with Gasteiger partial charge in [0, 0.05) is 10.9 Å². The van der Waals surface area contributed by atoms with Gasteiger partial charge in [0.15, 0.2) is 28.9 Å². The van der Waals surface area contributed by atoms with E-state index in [1.807, 2.05) is 0 Å². The van der Waals surface area contributed by atoms with Gasteiger partial charge >= 0.3 is 11.0 Å². The lowest BCUT2D eigenvalue weighted by atomic mass is 10.2. The smallest absolute Gasteiger partial charge is 0.355 e. The number of anilines is 1. The number of carbonyl (C=O) groups excluding carboxylic acids is 2. The number of aromatic carboxylic acids is 1. The molecule has 0 aromatic carbocycles. The van der Waals surface area contributed by atoms with Crippen LogP contribution in [0.2, 0.25) is 0 Å². The average molecular weight is 396 g/mol. The number of aromatic nitrogens is 2. The van der Waals surface area contributed by atoms with Crippen molar-refractivity contribution in [2.75, 3.05) is 12.8 Å². The van der Waals surface area contributed by atoms with Gasteiger partial charge in [-0.2, -0.15) is 4.98 Å². The minimum atomic E-state index is -1.23. The van der Waals surface area contributed by atoms with Crippen molar-refractivity contribution in [2.24, 2.45) is 5.16 Å². The molecule has 10 nitrogen and oxygen atoms in total. The van der Waals surface area contributed by atoms with E-state index in [-0.39, 0.29) is 27.2 Å². The number of aryl methyl sites for hydroxylation is 1. The summed E-state index contributed by atoms with van der Waals surface area (Å²) in [5.41, 5.74) is 5.81. The van der Waals surface area contributed by atoms with E-state index < -0.39 is 17.9 Å². The molecule has 0 saturated heterocycles. The highest BCUT2D eigenvalue weighted by molar-refractivity contribution is 7.13. The zero-order valence-corrected chi connectivity index (χ0v) is 15.3. The number of hydrogen-bond donors (Lipinski definition) is 3. The molecule has 0 bridgehead atoms. The molecule has 0 unspecified atom stereocenters. The molecule has 0 saturated carbocycles. The molecule has 0 aliphatic heterocycles. The number of hydrogen-bond acceptors (Lipinski definition) is 9. The van der Waals surface area contributed by atoms with Gasteiger partial charge < -0.3 is 25.8 Å². The lowest BCUT2D eigenvalue weighted by molar-refractivity contribution is -0.119. The van der Waals surface area contributed by atoms with Crippen molar-refractivity contribution in [3.8, 4) is 0 Å². The lowest BCUT2D eigenvalue weighted by Gasteiger charge is -2.08. The van der Waals surface area contributed by atoms with Crippen molar-refractivity contribution in [3.63, 3.8) is 0 Å². The van der Waals surface area contributed by atoms with Crippen LogP contribution in [0.5, 0.6) is 0 Å². The molecule has 26 heavy (non-hydrogen) atoms. The van der Waals surface area contributed by atoms with Gasteiger partial charge in [-0.1, -0.05) is 5.16 Å². The molecule has 0 fully saturated rings. The molecule has 0 radical (unpaired) electrons. The Morgan fingerprint density at radius 2 is 2.23 bits per heavy atom. The minimum absolute atomic E-state index is 0.117. The van der Waals surface area contributed by atoms with Gasteiger partial charge in [0.1, 0.15) is 12.8 Å². The third-order valence-corrected chi connectivity index (χ3v) is 4.74. The maximum Gasteiger partial charge on any atom is 0.355 e. The molecule has 2 rings (SSSR count). The van der Waals surface area contributed by atoms with E-state index in [4.69, 9.17) is 10.8 Å². The number of carboxylic acid groups (broad SMARTS) is 1. The predicted octanol–water partition coefficient (Wildman–Crippen LogP) is 0.876. The zero-order chi connectivity index (χ0) is 19.3. The van der Waals surface area contributed by atoms with E-state index >= 15 is 0 Å². The van der Waals surface area contributed by atoms with Crippen LogP contribution in [0.15, 0.2) is 15.9 Å². The number of nitrogens with one attached hydrogen (secondary N) is 1. The molecule has 12 heteroatoms. The first-order valence-electron chi connectivity index (χ1n) is 6.98. The molecular formula is C14H14N5O5S2+. The highest BCUT2D eigenvalue weighted by Gasteiger charge is 2.29. The summed E-state index contributed by atoms with van der Waals surface area (Å²) < 4.78 is 0. The van der Waals surface area contributed by atoms with Crippen LogP contribution in [0, 0.1) is 6.92 Å². The van der Waals surface area contributed by atoms with Gasteiger partial charge in [-0.3, -0.25) is 4.79 Å². The Hall–Kier alpha value is -2.99. The van der Waals surface area contributed by atoms with E-state index in [1.54, 1.807) is 12.3 Å². The van der Waals surface area contributed by atoms with E-state index in [9.17, 15) is 14.4 Å². The van der Waals surface area contributed by atoms with Gasteiger partial charge in [0.05, 0.1) is 0 Å². The number of carboxylic acids is 1. The van der Waals surface area contributed by atoms with Crippen LogP contribution in [-0.2, 0) is 14.4 Å². The van der Waals surface area contributed by atoms with Crippen molar-refractivity contribution >= 4 is 51.7 Å². The molecule has 0 spiro atoms. The number of nitrogens with zero attached hydrogens (tertiary/aromatic N) is 3. The number of nitrogens with two attached hydrogens (primary N) is 1. The number of carbonyl (C=O) groups is 3. The van der Waals surface area contributed by atoms with E-state index in [2.05, 4.69) is 25.3 Å². The molecule has 1 atom stereocenters. The Bertz CT molecular complexity index is 882. The summed E-state index contributed by atoms with van der Waals surface area (Å²) in [6.07, 6.45) is 0.442. The molecule has 4 N–H and O–H groups in total. The number of aldehydes is 1. The Labute approximate surface area is 155 Å². The number of amides is 1. The zero-order valence-electron chi connectivity index (χ0n) is 13.6. The number of oxime groups is 1. The quantitative estimate of drug-likeness (QED) is 0.269. The summed E-state index contributed by atoms with van der Waals surface area (Å²) in [4.78, 5) is 47.6. The standard InChI is InChI=1S/C14H13N5O5S2/c1-6-4-25-12(18-9(6)13(22)23)7(3-20)16-11(21)10(19-24-2)8-5-26-14(15)17-8/h3-5,7H,1-2H3,(H3-,15,16,17,21,22,23)/p+1/b19-10-/t7-/m1/s1. The van der Waals surface area contributed by atoms with Crippen LogP contribution in [0.4, 0.5) is 5.13 Å². The maximum atomic E-state index is 12.5. The molecule has 0 aliphatic carbocycles. The topological polar surface area (TPSA) is 157 Å². The second kappa shape index (κ2) is 8.40. The third-order valence-electron chi connectivity index (χ3n) is 3.01.